The number of imide groups is 1. The van der Waals surface area contributed by atoms with Crippen LogP contribution in [0.5, 0.6) is 0 Å². The molecule has 5 heteroatoms. The Morgan fingerprint density at radius 2 is 1.71 bits per heavy atom. The Morgan fingerprint density at radius 1 is 1.08 bits per heavy atom. The van der Waals surface area contributed by atoms with Gasteiger partial charge >= 0.3 is 0 Å². The highest BCUT2D eigenvalue weighted by Gasteiger charge is 2.34. The van der Waals surface area contributed by atoms with E-state index in [1.165, 1.54) is 4.90 Å². The van der Waals surface area contributed by atoms with Crippen molar-refractivity contribution in [3.63, 3.8) is 0 Å². The van der Waals surface area contributed by atoms with Gasteiger partial charge in [0.1, 0.15) is 0 Å². The number of unbranched alkanes of at least 4 members (excludes halogenated alkanes) is 1. The first-order chi connectivity index (χ1) is 11.5. The zero-order chi connectivity index (χ0) is 18.7. The van der Waals surface area contributed by atoms with E-state index in [-0.39, 0.29) is 23.6 Å². The second-order valence-corrected chi connectivity index (χ2v) is 6.18. The molecule has 0 spiro atoms. The number of rotatable bonds is 5. The van der Waals surface area contributed by atoms with Crippen molar-refractivity contribution in [2.24, 2.45) is 11.8 Å². The van der Waals surface area contributed by atoms with Crippen LogP contribution < -0.4 is 0 Å². The molecule has 2 rings (SSSR count). The van der Waals surface area contributed by atoms with Crippen LogP contribution >= 0.6 is 0 Å². The Balaban J connectivity index is 0.00000123. The van der Waals surface area contributed by atoms with Crippen molar-refractivity contribution in [2.75, 3.05) is 19.6 Å². The van der Waals surface area contributed by atoms with Crippen molar-refractivity contribution in [3.8, 4) is 0 Å². The summed E-state index contributed by atoms with van der Waals surface area (Å²) in [5.41, 5.74) is 0. The first-order valence-corrected chi connectivity index (χ1v) is 9.61. The second kappa shape index (κ2) is 12.0. The van der Waals surface area contributed by atoms with Crippen molar-refractivity contribution in [2.45, 2.75) is 73.6 Å². The van der Waals surface area contributed by atoms with Crippen molar-refractivity contribution < 1.29 is 14.4 Å². The van der Waals surface area contributed by atoms with Crippen LogP contribution in [0.25, 0.3) is 0 Å². The molecule has 3 amide bonds. The van der Waals surface area contributed by atoms with Gasteiger partial charge in [0.05, 0.1) is 0 Å². The molecule has 2 fully saturated rings. The molecular weight excluding hydrogens is 304 g/mol. The van der Waals surface area contributed by atoms with Crippen LogP contribution in [-0.4, -0.2) is 47.2 Å². The molecule has 2 aliphatic rings. The van der Waals surface area contributed by atoms with Gasteiger partial charge in [-0.2, -0.15) is 0 Å². The third-order valence-electron chi connectivity index (χ3n) is 4.27. The maximum absolute atomic E-state index is 11.9. The zero-order valence-electron chi connectivity index (χ0n) is 16.4. The number of amides is 3. The Kier molecular flexibility index (Phi) is 11.3. The summed E-state index contributed by atoms with van der Waals surface area (Å²) < 4.78 is 0. The molecule has 140 valence electrons. The summed E-state index contributed by atoms with van der Waals surface area (Å²) in [6.07, 6.45) is 3.43. The fourth-order valence-corrected chi connectivity index (χ4v) is 2.95. The number of likely N-dealkylation sites (tertiary alicyclic amines) is 2. The van der Waals surface area contributed by atoms with Crippen LogP contribution in [-0.2, 0) is 14.4 Å². The van der Waals surface area contributed by atoms with E-state index < -0.39 is 0 Å². The molecule has 0 aliphatic carbocycles. The second-order valence-electron chi connectivity index (χ2n) is 6.18. The van der Waals surface area contributed by atoms with Crippen LogP contribution in [0, 0.1) is 11.8 Å². The highest BCUT2D eigenvalue weighted by Crippen LogP contribution is 2.20. The lowest BCUT2D eigenvalue weighted by molar-refractivity contribution is -0.139. The third-order valence-corrected chi connectivity index (χ3v) is 4.27. The molecule has 0 aromatic rings. The molecular formula is C19H36N2O3. The van der Waals surface area contributed by atoms with E-state index in [4.69, 9.17) is 0 Å². The van der Waals surface area contributed by atoms with E-state index in [1.807, 2.05) is 32.6 Å². The van der Waals surface area contributed by atoms with Gasteiger partial charge in [-0.3, -0.25) is 19.3 Å². The zero-order valence-corrected chi connectivity index (χ0v) is 16.4. The van der Waals surface area contributed by atoms with E-state index in [0.717, 1.165) is 32.4 Å². The van der Waals surface area contributed by atoms with Crippen molar-refractivity contribution in [3.05, 3.63) is 0 Å². The van der Waals surface area contributed by atoms with Crippen molar-refractivity contribution in [1.82, 2.24) is 9.80 Å². The third kappa shape index (κ3) is 6.62. The largest absolute Gasteiger partial charge is 0.342 e. The molecule has 0 N–H and O–H groups in total. The van der Waals surface area contributed by atoms with Gasteiger partial charge in [-0.1, -0.05) is 41.5 Å². The minimum atomic E-state index is -0.171. The van der Waals surface area contributed by atoms with E-state index in [1.54, 1.807) is 6.92 Å². The number of carbonyl (C=O) groups excluding carboxylic acids is 3. The summed E-state index contributed by atoms with van der Waals surface area (Å²) in [7, 11) is 0. The lowest BCUT2D eigenvalue weighted by Gasteiger charge is -2.17. The Hall–Kier alpha value is -1.39. The lowest BCUT2D eigenvalue weighted by Crippen LogP contribution is -2.32. The van der Waals surface area contributed by atoms with Crippen molar-refractivity contribution in [1.29, 1.82) is 0 Å². The normalized spacial score (nSPS) is 22.8. The molecule has 2 heterocycles. The van der Waals surface area contributed by atoms with Crippen LogP contribution in [0.1, 0.15) is 73.6 Å². The first-order valence-electron chi connectivity index (χ1n) is 9.61. The van der Waals surface area contributed by atoms with E-state index >= 15 is 0 Å². The summed E-state index contributed by atoms with van der Waals surface area (Å²) >= 11 is 0. The van der Waals surface area contributed by atoms with Crippen molar-refractivity contribution >= 4 is 17.7 Å². The first kappa shape index (κ1) is 22.6. The fourth-order valence-electron chi connectivity index (χ4n) is 2.95. The number of hydrogen-bond donors (Lipinski definition) is 0. The highest BCUT2D eigenvalue weighted by molar-refractivity contribution is 6.03. The van der Waals surface area contributed by atoms with Crippen LogP contribution in [0.4, 0.5) is 0 Å². The monoisotopic (exact) mass is 340 g/mol. The van der Waals surface area contributed by atoms with Crippen LogP contribution in [0.15, 0.2) is 0 Å². The van der Waals surface area contributed by atoms with Gasteiger partial charge in [0, 0.05) is 38.4 Å². The maximum atomic E-state index is 11.9. The van der Waals surface area contributed by atoms with Gasteiger partial charge in [-0.05, 0) is 25.2 Å². The van der Waals surface area contributed by atoms with E-state index in [2.05, 4.69) is 6.92 Å². The molecule has 5 nitrogen and oxygen atoms in total. The molecule has 0 radical (unpaired) electrons. The quantitative estimate of drug-likeness (QED) is 0.569. The van der Waals surface area contributed by atoms with Gasteiger partial charge in [-0.15, -0.1) is 0 Å². The molecule has 2 atom stereocenters. The molecule has 0 bridgehead atoms. The SMILES string of the molecule is CC.CC.CC1CCN(C(=O)CCCCN2C(=O)CC(C)C2=O)C1. The Labute approximate surface area is 147 Å². The van der Waals surface area contributed by atoms with Gasteiger partial charge < -0.3 is 4.90 Å². The van der Waals surface area contributed by atoms with Gasteiger partial charge in [-0.25, -0.2) is 0 Å². The summed E-state index contributed by atoms with van der Waals surface area (Å²) in [5.74, 6) is 0.522. The standard InChI is InChI=1S/C15H24N2O3.2C2H6/c1-11-6-8-16(10-11)13(18)5-3-4-7-17-14(19)9-12(2)15(17)20;2*1-2/h11-12H,3-10H2,1-2H3;2*1-2H3. The molecule has 2 saturated heterocycles. The molecule has 0 aromatic heterocycles. The lowest BCUT2D eigenvalue weighted by atomic mass is 10.1. The summed E-state index contributed by atoms with van der Waals surface area (Å²) in [5, 5.41) is 0. The predicted molar refractivity (Wildman–Crippen MR) is 97.4 cm³/mol. The molecule has 0 saturated carbocycles. The highest BCUT2D eigenvalue weighted by atomic mass is 16.2. The minimum absolute atomic E-state index is 0.0605. The van der Waals surface area contributed by atoms with Gasteiger partial charge in [0.2, 0.25) is 17.7 Å². The maximum Gasteiger partial charge on any atom is 0.232 e. The number of nitrogens with zero attached hydrogens (tertiary/aromatic N) is 2. The number of carbonyl (C=O) groups is 3. The van der Waals surface area contributed by atoms with Gasteiger partial charge in [0.25, 0.3) is 0 Å². The fraction of sp³-hybridized carbons (Fsp3) is 0.842. The van der Waals surface area contributed by atoms with Crippen LogP contribution in [0.2, 0.25) is 0 Å². The summed E-state index contributed by atoms with van der Waals surface area (Å²) in [6, 6.07) is 0. The molecule has 0 aromatic carbocycles. The van der Waals surface area contributed by atoms with Crippen LogP contribution in [0.3, 0.4) is 0 Å². The minimum Gasteiger partial charge on any atom is -0.342 e. The Bertz CT molecular complexity index is 409. The Morgan fingerprint density at radius 3 is 2.17 bits per heavy atom. The smallest absolute Gasteiger partial charge is 0.232 e. The summed E-state index contributed by atoms with van der Waals surface area (Å²) in [6.45, 7) is 14.2. The molecule has 2 unspecified atom stereocenters. The average Bonchev–Trinajstić information content (AvgIpc) is 3.13. The molecule has 24 heavy (non-hydrogen) atoms. The van der Waals surface area contributed by atoms with E-state index in [9.17, 15) is 14.4 Å². The topological polar surface area (TPSA) is 57.7 Å². The van der Waals surface area contributed by atoms with E-state index in [0.29, 0.717) is 25.3 Å². The number of hydrogen-bond acceptors (Lipinski definition) is 3. The average molecular weight is 341 g/mol. The van der Waals surface area contributed by atoms with Gasteiger partial charge in [0.15, 0.2) is 0 Å². The molecule has 2 aliphatic heterocycles. The summed E-state index contributed by atoms with van der Waals surface area (Å²) in [4.78, 5) is 38.5. The predicted octanol–water partition coefficient (Wildman–Crippen LogP) is 3.47.